The van der Waals surface area contributed by atoms with Gasteiger partial charge in [-0.15, -0.1) is 0 Å². The maximum atomic E-state index is 11.9. The lowest BCUT2D eigenvalue weighted by Crippen LogP contribution is -2.27. The molecule has 0 fully saturated rings. The van der Waals surface area contributed by atoms with Gasteiger partial charge in [0, 0.05) is 50.5 Å². The minimum absolute atomic E-state index is 0.214. The number of carbonyl (C=O) groups excluding carboxylic acids is 1. The van der Waals surface area contributed by atoms with E-state index in [-0.39, 0.29) is 5.91 Å². The van der Waals surface area contributed by atoms with Gasteiger partial charge in [0.25, 0.3) is 5.91 Å². The molecule has 0 aliphatic rings. The summed E-state index contributed by atoms with van der Waals surface area (Å²) in [6.07, 6.45) is 3.02. The first-order valence-electron chi connectivity index (χ1n) is 8.80. The lowest BCUT2D eigenvalue weighted by molar-refractivity contribution is 0.0936. The van der Waals surface area contributed by atoms with Gasteiger partial charge in [-0.3, -0.25) is 4.79 Å². The number of anilines is 3. The molecule has 0 aliphatic carbocycles. The smallest absolute Gasteiger partial charge is 0.254 e. The SMILES string of the molecule is CCN(CC)c1ccc(Nc2ncc(C(=O)NCCOC)cn2)c(C)c1. The topological polar surface area (TPSA) is 79.4 Å². The highest BCUT2D eigenvalue weighted by atomic mass is 16.5. The molecule has 0 saturated carbocycles. The Morgan fingerprint density at radius 3 is 2.46 bits per heavy atom. The van der Waals surface area contributed by atoms with E-state index in [4.69, 9.17) is 4.74 Å². The Bertz CT molecular complexity index is 714. The van der Waals surface area contributed by atoms with Crippen LogP contribution in [0.25, 0.3) is 0 Å². The average molecular weight is 357 g/mol. The van der Waals surface area contributed by atoms with Crippen LogP contribution in [0.3, 0.4) is 0 Å². The molecule has 7 heteroatoms. The minimum atomic E-state index is -0.214. The van der Waals surface area contributed by atoms with Crippen molar-refractivity contribution < 1.29 is 9.53 Å². The third kappa shape index (κ3) is 5.16. The fourth-order valence-electron chi connectivity index (χ4n) is 2.57. The van der Waals surface area contributed by atoms with Crippen molar-refractivity contribution in [3.05, 3.63) is 41.7 Å². The largest absolute Gasteiger partial charge is 0.383 e. The first-order valence-corrected chi connectivity index (χ1v) is 8.80. The first kappa shape index (κ1) is 19.7. The number of nitrogens with one attached hydrogen (secondary N) is 2. The molecule has 1 aromatic heterocycles. The normalized spacial score (nSPS) is 10.5. The summed E-state index contributed by atoms with van der Waals surface area (Å²) in [6.45, 7) is 9.20. The summed E-state index contributed by atoms with van der Waals surface area (Å²) in [5, 5.41) is 5.94. The quantitative estimate of drug-likeness (QED) is 0.672. The predicted octanol–water partition coefficient (Wildman–Crippen LogP) is 2.75. The predicted molar refractivity (Wildman–Crippen MR) is 104 cm³/mol. The molecular weight excluding hydrogens is 330 g/mol. The number of hydrogen-bond donors (Lipinski definition) is 2. The molecule has 0 aliphatic heterocycles. The molecule has 0 spiro atoms. The van der Waals surface area contributed by atoms with Crippen molar-refractivity contribution in [1.82, 2.24) is 15.3 Å². The molecule has 1 amide bonds. The Morgan fingerprint density at radius 2 is 1.88 bits per heavy atom. The van der Waals surface area contributed by atoms with E-state index in [1.54, 1.807) is 7.11 Å². The molecule has 1 heterocycles. The van der Waals surface area contributed by atoms with Crippen molar-refractivity contribution in [3.8, 4) is 0 Å². The monoisotopic (exact) mass is 357 g/mol. The minimum Gasteiger partial charge on any atom is -0.383 e. The van der Waals surface area contributed by atoms with Gasteiger partial charge in [0.05, 0.1) is 12.2 Å². The van der Waals surface area contributed by atoms with Gasteiger partial charge < -0.3 is 20.3 Å². The molecule has 2 rings (SSSR count). The molecule has 1 aromatic carbocycles. The van der Waals surface area contributed by atoms with Crippen molar-refractivity contribution in [2.45, 2.75) is 20.8 Å². The van der Waals surface area contributed by atoms with E-state index in [0.717, 1.165) is 24.3 Å². The molecule has 26 heavy (non-hydrogen) atoms. The Kier molecular flexibility index (Phi) is 7.35. The lowest BCUT2D eigenvalue weighted by atomic mass is 10.1. The number of aryl methyl sites for hydroxylation is 1. The summed E-state index contributed by atoms with van der Waals surface area (Å²) in [4.78, 5) is 22.7. The zero-order valence-corrected chi connectivity index (χ0v) is 15.9. The van der Waals surface area contributed by atoms with Crippen LogP contribution in [0.5, 0.6) is 0 Å². The number of methoxy groups -OCH3 is 1. The molecule has 0 saturated heterocycles. The maximum absolute atomic E-state index is 11.9. The summed E-state index contributed by atoms with van der Waals surface area (Å²) in [5.74, 6) is 0.241. The fourth-order valence-corrected chi connectivity index (χ4v) is 2.57. The van der Waals surface area contributed by atoms with Gasteiger partial charge in [-0.1, -0.05) is 0 Å². The number of ether oxygens (including phenoxy) is 1. The highest BCUT2D eigenvalue weighted by molar-refractivity contribution is 5.93. The highest BCUT2D eigenvalue weighted by Crippen LogP contribution is 2.24. The second-order valence-corrected chi connectivity index (χ2v) is 5.84. The molecule has 0 bridgehead atoms. The van der Waals surface area contributed by atoms with Crippen LogP contribution in [0.1, 0.15) is 29.8 Å². The number of amides is 1. The number of benzene rings is 1. The van der Waals surface area contributed by atoms with E-state index in [2.05, 4.69) is 51.5 Å². The summed E-state index contributed by atoms with van der Waals surface area (Å²) >= 11 is 0. The van der Waals surface area contributed by atoms with Crippen molar-refractivity contribution in [1.29, 1.82) is 0 Å². The number of nitrogens with zero attached hydrogens (tertiary/aromatic N) is 3. The summed E-state index contributed by atoms with van der Waals surface area (Å²) in [6, 6.07) is 6.25. The van der Waals surface area contributed by atoms with Crippen LogP contribution < -0.4 is 15.5 Å². The molecule has 7 nitrogen and oxygen atoms in total. The van der Waals surface area contributed by atoms with Gasteiger partial charge in [0.15, 0.2) is 0 Å². The van der Waals surface area contributed by atoms with Gasteiger partial charge in [-0.05, 0) is 44.5 Å². The molecule has 140 valence electrons. The van der Waals surface area contributed by atoms with E-state index in [1.807, 2.05) is 13.0 Å². The van der Waals surface area contributed by atoms with E-state index < -0.39 is 0 Å². The van der Waals surface area contributed by atoms with Crippen LogP contribution >= 0.6 is 0 Å². The summed E-state index contributed by atoms with van der Waals surface area (Å²) in [5.41, 5.74) is 3.67. The lowest BCUT2D eigenvalue weighted by Gasteiger charge is -2.22. The van der Waals surface area contributed by atoms with Crippen molar-refractivity contribution >= 4 is 23.2 Å². The van der Waals surface area contributed by atoms with Crippen molar-refractivity contribution in [2.75, 3.05) is 43.6 Å². The van der Waals surface area contributed by atoms with E-state index >= 15 is 0 Å². The standard InChI is InChI=1S/C19H27N5O2/c1-5-24(6-2)16-7-8-17(14(3)11-16)23-19-21-12-15(13-22-19)18(25)20-9-10-26-4/h7-8,11-13H,5-6,9-10H2,1-4H3,(H,20,25)(H,21,22,23). The zero-order chi connectivity index (χ0) is 18.9. The Balaban J connectivity index is 2.03. The molecule has 2 aromatic rings. The number of carbonyl (C=O) groups is 1. The van der Waals surface area contributed by atoms with Gasteiger partial charge in [0.1, 0.15) is 0 Å². The van der Waals surface area contributed by atoms with Crippen LogP contribution in [0, 0.1) is 6.92 Å². The maximum Gasteiger partial charge on any atom is 0.254 e. The van der Waals surface area contributed by atoms with Crippen LogP contribution in [0.2, 0.25) is 0 Å². The molecule has 2 N–H and O–H groups in total. The van der Waals surface area contributed by atoms with Crippen LogP contribution in [0.15, 0.2) is 30.6 Å². The first-order chi connectivity index (χ1) is 12.6. The average Bonchev–Trinajstić information content (AvgIpc) is 2.65. The van der Waals surface area contributed by atoms with E-state index in [0.29, 0.717) is 24.7 Å². The van der Waals surface area contributed by atoms with Crippen molar-refractivity contribution in [2.24, 2.45) is 0 Å². The van der Waals surface area contributed by atoms with E-state index in [9.17, 15) is 4.79 Å². The second-order valence-electron chi connectivity index (χ2n) is 5.84. The van der Waals surface area contributed by atoms with Gasteiger partial charge in [0.2, 0.25) is 5.95 Å². The zero-order valence-electron chi connectivity index (χ0n) is 15.9. The number of rotatable bonds is 9. The second kappa shape index (κ2) is 9.72. The highest BCUT2D eigenvalue weighted by Gasteiger charge is 2.09. The third-order valence-corrected chi connectivity index (χ3v) is 4.09. The number of aromatic nitrogens is 2. The molecule has 0 atom stereocenters. The Labute approximate surface area is 154 Å². The fraction of sp³-hybridized carbons (Fsp3) is 0.421. The van der Waals surface area contributed by atoms with E-state index in [1.165, 1.54) is 18.1 Å². The molecule has 0 unspecified atom stereocenters. The van der Waals surface area contributed by atoms with Crippen molar-refractivity contribution in [3.63, 3.8) is 0 Å². The van der Waals surface area contributed by atoms with Gasteiger partial charge >= 0.3 is 0 Å². The third-order valence-electron chi connectivity index (χ3n) is 4.09. The summed E-state index contributed by atoms with van der Waals surface area (Å²) < 4.78 is 4.90. The number of hydrogen-bond acceptors (Lipinski definition) is 6. The van der Waals surface area contributed by atoms with Gasteiger partial charge in [-0.2, -0.15) is 0 Å². The molecular formula is C19H27N5O2. The Hall–Kier alpha value is -2.67. The Morgan fingerprint density at radius 1 is 1.19 bits per heavy atom. The van der Waals surface area contributed by atoms with Crippen LogP contribution in [0.4, 0.5) is 17.3 Å². The van der Waals surface area contributed by atoms with Crippen LogP contribution in [-0.2, 0) is 4.74 Å². The summed E-state index contributed by atoms with van der Waals surface area (Å²) in [7, 11) is 1.59. The van der Waals surface area contributed by atoms with Crippen LogP contribution in [-0.4, -0.2) is 49.2 Å². The molecule has 0 radical (unpaired) electrons. The van der Waals surface area contributed by atoms with Gasteiger partial charge in [-0.25, -0.2) is 9.97 Å².